The van der Waals surface area contributed by atoms with E-state index in [0.717, 1.165) is 5.56 Å². The van der Waals surface area contributed by atoms with Gasteiger partial charge in [0.2, 0.25) is 0 Å². The van der Waals surface area contributed by atoms with E-state index in [9.17, 15) is 0 Å². The standard InChI is InChI=1S/C7H5ClO2/c8-6-3-5-1-2-9-7(5)10-4-6/h1-3H,4H2. The zero-order valence-electron chi connectivity index (χ0n) is 5.13. The smallest absolute Gasteiger partial charge is 0.292 e. The fourth-order valence-electron chi connectivity index (χ4n) is 0.874. The highest BCUT2D eigenvalue weighted by Gasteiger charge is 2.11. The van der Waals surface area contributed by atoms with Gasteiger partial charge in [-0.1, -0.05) is 11.6 Å². The van der Waals surface area contributed by atoms with Crippen LogP contribution in [0.2, 0.25) is 0 Å². The summed E-state index contributed by atoms with van der Waals surface area (Å²) in [7, 11) is 0. The molecule has 0 aliphatic carbocycles. The van der Waals surface area contributed by atoms with Crippen molar-refractivity contribution in [2.45, 2.75) is 0 Å². The molecule has 2 heterocycles. The Morgan fingerprint density at radius 1 is 1.50 bits per heavy atom. The van der Waals surface area contributed by atoms with E-state index in [4.69, 9.17) is 20.8 Å². The first-order valence-corrected chi connectivity index (χ1v) is 3.30. The van der Waals surface area contributed by atoms with Gasteiger partial charge in [0.1, 0.15) is 6.61 Å². The van der Waals surface area contributed by atoms with Crippen LogP contribution in [-0.4, -0.2) is 6.61 Å². The average Bonchev–Trinajstić information content (AvgIpc) is 2.33. The van der Waals surface area contributed by atoms with Crippen molar-refractivity contribution in [3.8, 4) is 5.95 Å². The molecule has 0 radical (unpaired) electrons. The predicted octanol–water partition coefficient (Wildman–Crippen LogP) is 2.25. The topological polar surface area (TPSA) is 22.4 Å². The maximum absolute atomic E-state index is 5.70. The molecule has 2 rings (SSSR count). The van der Waals surface area contributed by atoms with E-state index in [0.29, 0.717) is 17.6 Å². The Morgan fingerprint density at radius 2 is 2.40 bits per heavy atom. The van der Waals surface area contributed by atoms with E-state index in [1.807, 2.05) is 12.1 Å². The molecule has 0 unspecified atom stereocenters. The maximum Gasteiger partial charge on any atom is 0.292 e. The van der Waals surface area contributed by atoms with Gasteiger partial charge >= 0.3 is 0 Å². The van der Waals surface area contributed by atoms with Gasteiger partial charge in [0.15, 0.2) is 0 Å². The first-order chi connectivity index (χ1) is 4.86. The lowest BCUT2D eigenvalue weighted by atomic mass is 10.3. The van der Waals surface area contributed by atoms with Gasteiger partial charge in [0, 0.05) is 0 Å². The molecule has 10 heavy (non-hydrogen) atoms. The molecule has 0 spiro atoms. The fraction of sp³-hybridized carbons (Fsp3) is 0.143. The molecule has 0 bridgehead atoms. The molecule has 1 aromatic rings. The molecule has 0 amide bonds. The monoisotopic (exact) mass is 156 g/mol. The number of hydrogen-bond acceptors (Lipinski definition) is 2. The molecule has 2 nitrogen and oxygen atoms in total. The van der Waals surface area contributed by atoms with E-state index in [-0.39, 0.29) is 0 Å². The van der Waals surface area contributed by atoms with Crippen LogP contribution in [0, 0.1) is 0 Å². The van der Waals surface area contributed by atoms with Crippen molar-refractivity contribution < 1.29 is 9.15 Å². The van der Waals surface area contributed by atoms with Crippen LogP contribution in [0.15, 0.2) is 21.8 Å². The minimum Gasteiger partial charge on any atom is -0.459 e. The van der Waals surface area contributed by atoms with E-state index in [1.54, 1.807) is 6.26 Å². The van der Waals surface area contributed by atoms with Crippen LogP contribution in [0.4, 0.5) is 0 Å². The molecule has 0 N–H and O–H groups in total. The second-order valence-corrected chi connectivity index (χ2v) is 2.53. The van der Waals surface area contributed by atoms with Crippen LogP contribution in [-0.2, 0) is 0 Å². The Balaban J connectivity index is 2.50. The second-order valence-electron chi connectivity index (χ2n) is 2.04. The van der Waals surface area contributed by atoms with Crippen LogP contribution < -0.4 is 4.74 Å². The van der Waals surface area contributed by atoms with Gasteiger partial charge in [-0.05, 0) is 12.1 Å². The van der Waals surface area contributed by atoms with Crippen molar-refractivity contribution in [2.24, 2.45) is 0 Å². The largest absolute Gasteiger partial charge is 0.459 e. The first kappa shape index (κ1) is 5.86. The Labute approximate surface area is 63.0 Å². The third-order valence-electron chi connectivity index (χ3n) is 1.31. The number of hydrogen-bond donors (Lipinski definition) is 0. The van der Waals surface area contributed by atoms with Gasteiger partial charge in [0.25, 0.3) is 5.95 Å². The zero-order valence-corrected chi connectivity index (χ0v) is 5.89. The van der Waals surface area contributed by atoms with E-state index in [2.05, 4.69) is 0 Å². The minimum absolute atomic E-state index is 0.419. The molecule has 0 fully saturated rings. The highest BCUT2D eigenvalue weighted by Crippen LogP contribution is 2.27. The van der Waals surface area contributed by atoms with Crippen molar-refractivity contribution in [3.63, 3.8) is 0 Å². The van der Waals surface area contributed by atoms with Crippen molar-refractivity contribution in [2.75, 3.05) is 6.61 Å². The lowest BCUT2D eigenvalue weighted by Gasteiger charge is -2.07. The average molecular weight is 157 g/mol. The SMILES string of the molecule is ClC1=Cc2ccoc2OC1. The molecule has 0 saturated carbocycles. The Hall–Kier alpha value is -0.890. The Kier molecular flexibility index (Phi) is 1.21. The molecule has 52 valence electrons. The minimum atomic E-state index is 0.419. The highest BCUT2D eigenvalue weighted by atomic mass is 35.5. The molecule has 1 aromatic heterocycles. The molecule has 0 atom stereocenters. The molecule has 1 aliphatic heterocycles. The maximum atomic E-state index is 5.70. The lowest BCUT2D eigenvalue weighted by Crippen LogP contribution is -2.01. The van der Waals surface area contributed by atoms with Crippen molar-refractivity contribution in [1.82, 2.24) is 0 Å². The zero-order chi connectivity index (χ0) is 6.97. The van der Waals surface area contributed by atoms with Crippen molar-refractivity contribution >= 4 is 17.7 Å². The predicted molar refractivity (Wildman–Crippen MR) is 38.0 cm³/mol. The van der Waals surface area contributed by atoms with Gasteiger partial charge < -0.3 is 9.15 Å². The molecular formula is C7H5ClO2. The summed E-state index contributed by atoms with van der Waals surface area (Å²) in [5.41, 5.74) is 0.913. The lowest BCUT2D eigenvalue weighted by molar-refractivity contribution is 0.266. The third-order valence-corrected chi connectivity index (χ3v) is 1.53. The Bertz CT molecular complexity index is 275. The normalized spacial score (nSPS) is 15.5. The van der Waals surface area contributed by atoms with Gasteiger partial charge in [-0.15, -0.1) is 0 Å². The summed E-state index contributed by atoms with van der Waals surface area (Å²) in [6.07, 6.45) is 3.42. The summed E-state index contributed by atoms with van der Waals surface area (Å²) < 4.78 is 10.1. The fourth-order valence-corrected chi connectivity index (χ4v) is 1.05. The molecule has 0 aromatic carbocycles. The van der Waals surface area contributed by atoms with Crippen molar-refractivity contribution in [3.05, 3.63) is 22.9 Å². The summed E-state index contributed by atoms with van der Waals surface area (Å²) in [5.74, 6) is 0.560. The first-order valence-electron chi connectivity index (χ1n) is 2.92. The number of furan rings is 1. The summed E-state index contributed by atoms with van der Waals surface area (Å²) >= 11 is 5.70. The van der Waals surface area contributed by atoms with Gasteiger partial charge in [0.05, 0.1) is 16.9 Å². The number of ether oxygens (including phenoxy) is 1. The van der Waals surface area contributed by atoms with Gasteiger partial charge in [-0.2, -0.15) is 0 Å². The van der Waals surface area contributed by atoms with Gasteiger partial charge in [-0.25, -0.2) is 0 Å². The molecule has 1 aliphatic rings. The summed E-state index contributed by atoms with van der Waals surface area (Å²) in [6.45, 7) is 0.419. The van der Waals surface area contributed by atoms with E-state index in [1.165, 1.54) is 0 Å². The highest BCUT2D eigenvalue weighted by molar-refractivity contribution is 6.31. The van der Waals surface area contributed by atoms with Crippen LogP contribution >= 0.6 is 11.6 Å². The molecule has 0 saturated heterocycles. The summed E-state index contributed by atoms with van der Waals surface area (Å²) in [4.78, 5) is 0. The van der Waals surface area contributed by atoms with E-state index >= 15 is 0 Å². The molecular weight excluding hydrogens is 152 g/mol. The number of rotatable bonds is 0. The Morgan fingerprint density at radius 3 is 3.30 bits per heavy atom. The third kappa shape index (κ3) is 0.809. The van der Waals surface area contributed by atoms with Crippen molar-refractivity contribution in [1.29, 1.82) is 0 Å². The van der Waals surface area contributed by atoms with Crippen LogP contribution in [0.25, 0.3) is 6.08 Å². The second kappa shape index (κ2) is 2.06. The quantitative estimate of drug-likeness (QED) is 0.575. The summed E-state index contributed by atoms with van der Waals surface area (Å²) in [5, 5.41) is 0.703. The van der Waals surface area contributed by atoms with Crippen LogP contribution in [0.1, 0.15) is 5.56 Å². The number of halogens is 1. The number of fused-ring (bicyclic) bond motifs is 1. The van der Waals surface area contributed by atoms with Crippen LogP contribution in [0.3, 0.4) is 0 Å². The molecule has 3 heteroatoms. The summed E-state index contributed by atoms with van der Waals surface area (Å²) in [6, 6.07) is 1.82. The van der Waals surface area contributed by atoms with Crippen LogP contribution in [0.5, 0.6) is 5.95 Å². The van der Waals surface area contributed by atoms with E-state index < -0.39 is 0 Å². The van der Waals surface area contributed by atoms with Gasteiger partial charge in [-0.3, -0.25) is 0 Å².